The van der Waals surface area contributed by atoms with E-state index in [1.807, 2.05) is 61.3 Å². The lowest BCUT2D eigenvalue weighted by atomic mass is 10.1. The number of halogens is 1. The average Bonchev–Trinajstić information content (AvgIpc) is 2.69. The number of anilines is 1. The predicted octanol–water partition coefficient (Wildman–Crippen LogP) is 4.98. The third-order valence-corrected chi connectivity index (χ3v) is 5.43. The van der Waals surface area contributed by atoms with E-state index in [1.165, 1.54) is 6.07 Å². The molecule has 0 aliphatic rings. The van der Waals surface area contributed by atoms with E-state index in [9.17, 15) is 9.59 Å². The summed E-state index contributed by atoms with van der Waals surface area (Å²) in [6.45, 7) is 2.44. The minimum atomic E-state index is -0.423. The van der Waals surface area contributed by atoms with Crippen LogP contribution in [0.5, 0.6) is 0 Å². The molecule has 0 aliphatic heterocycles. The Balaban J connectivity index is 1.52. The van der Waals surface area contributed by atoms with Crippen molar-refractivity contribution < 1.29 is 9.21 Å². The first kappa shape index (κ1) is 20.1. The third kappa shape index (κ3) is 4.22. The minimum Gasteiger partial charge on any atom is -0.423 e. The first-order valence-electron chi connectivity index (χ1n) is 9.60. The Kier molecular flexibility index (Phi) is 5.57. The number of aryl methyl sites for hydroxylation is 1. The molecule has 4 rings (SSSR count). The number of rotatable bonds is 5. The van der Waals surface area contributed by atoms with Gasteiger partial charge in [-0.2, -0.15) is 0 Å². The van der Waals surface area contributed by atoms with Crippen LogP contribution in [0.25, 0.3) is 21.7 Å². The third-order valence-electron chi connectivity index (χ3n) is 5.03. The number of carbonyl (C=O) groups is 1. The van der Waals surface area contributed by atoms with E-state index < -0.39 is 5.63 Å². The fraction of sp³-hybridized carbons (Fsp3) is 0.167. The van der Waals surface area contributed by atoms with Crippen molar-refractivity contribution >= 4 is 44.9 Å². The zero-order valence-electron chi connectivity index (χ0n) is 16.7. The molecular weight excluding hydrogens is 400 g/mol. The first-order chi connectivity index (χ1) is 14.4. The molecule has 6 heteroatoms. The van der Waals surface area contributed by atoms with E-state index in [0.717, 1.165) is 33.0 Å². The highest BCUT2D eigenvalue weighted by Gasteiger charge is 2.13. The molecule has 0 spiro atoms. The van der Waals surface area contributed by atoms with Crippen LogP contribution in [-0.4, -0.2) is 24.4 Å². The Bertz CT molecular complexity index is 1310. The van der Waals surface area contributed by atoms with Crippen molar-refractivity contribution in [2.45, 2.75) is 13.5 Å². The van der Waals surface area contributed by atoms with E-state index in [2.05, 4.69) is 5.32 Å². The quantitative estimate of drug-likeness (QED) is 0.462. The molecule has 0 saturated carbocycles. The number of benzene rings is 3. The van der Waals surface area contributed by atoms with Gasteiger partial charge >= 0.3 is 5.63 Å². The molecule has 0 aliphatic carbocycles. The number of hydrogen-bond donors (Lipinski definition) is 1. The average molecular weight is 421 g/mol. The summed E-state index contributed by atoms with van der Waals surface area (Å²) in [6, 6.07) is 18.7. The van der Waals surface area contributed by atoms with Gasteiger partial charge in [-0.3, -0.25) is 9.69 Å². The zero-order chi connectivity index (χ0) is 21.3. The smallest absolute Gasteiger partial charge is 0.336 e. The number of nitrogens with zero attached hydrogens (tertiary/aromatic N) is 1. The lowest BCUT2D eigenvalue weighted by Crippen LogP contribution is -2.30. The van der Waals surface area contributed by atoms with Crippen LogP contribution in [0.3, 0.4) is 0 Å². The second-order valence-electron chi connectivity index (χ2n) is 7.44. The minimum absolute atomic E-state index is 0.130. The highest BCUT2D eigenvalue weighted by molar-refractivity contribution is 6.32. The molecule has 1 aromatic heterocycles. The number of carbonyl (C=O) groups excluding carboxylic acids is 1. The predicted molar refractivity (Wildman–Crippen MR) is 121 cm³/mol. The summed E-state index contributed by atoms with van der Waals surface area (Å²) in [5.41, 5.74) is 2.45. The van der Waals surface area contributed by atoms with Crippen molar-refractivity contribution in [3.05, 3.63) is 87.2 Å². The summed E-state index contributed by atoms with van der Waals surface area (Å²) in [7, 11) is 1.83. The van der Waals surface area contributed by atoms with Crippen LogP contribution in [-0.2, 0) is 11.3 Å². The highest BCUT2D eigenvalue weighted by atomic mass is 35.5. The van der Waals surface area contributed by atoms with Gasteiger partial charge in [-0.1, -0.05) is 48.0 Å². The maximum atomic E-state index is 12.6. The first-order valence-corrected chi connectivity index (χ1v) is 9.97. The Labute approximate surface area is 178 Å². The van der Waals surface area contributed by atoms with Gasteiger partial charge in [0.25, 0.3) is 0 Å². The van der Waals surface area contributed by atoms with Crippen molar-refractivity contribution in [3.8, 4) is 0 Å². The lowest BCUT2D eigenvalue weighted by molar-refractivity contribution is -0.117. The SMILES string of the molecule is Cc1cc2oc(=O)cc(CN(C)CC(=O)Nc3cccc4ccccc34)c2cc1Cl. The highest BCUT2D eigenvalue weighted by Crippen LogP contribution is 2.26. The van der Waals surface area contributed by atoms with E-state index >= 15 is 0 Å². The molecule has 0 unspecified atom stereocenters. The summed E-state index contributed by atoms with van der Waals surface area (Å²) in [6.07, 6.45) is 0. The van der Waals surface area contributed by atoms with Gasteiger partial charge in [-0.15, -0.1) is 0 Å². The number of likely N-dealkylation sites (N-methyl/N-ethyl adjacent to an activating group) is 1. The summed E-state index contributed by atoms with van der Waals surface area (Å²) >= 11 is 6.26. The Hall–Kier alpha value is -3.15. The second kappa shape index (κ2) is 8.30. The number of fused-ring (bicyclic) bond motifs is 2. The maximum absolute atomic E-state index is 12.6. The molecule has 1 N–H and O–H groups in total. The standard InChI is InChI=1S/C24H21ClN2O3/c1-15-10-22-19(12-20(15)25)17(11-24(29)30-22)13-27(2)14-23(28)26-21-9-5-7-16-6-3-4-8-18(16)21/h3-12H,13-14H2,1-2H3,(H,26,28). The van der Waals surface area contributed by atoms with Gasteiger partial charge < -0.3 is 9.73 Å². The molecule has 1 heterocycles. The van der Waals surface area contributed by atoms with Crippen molar-refractivity contribution in [2.24, 2.45) is 0 Å². The number of amides is 1. The molecule has 5 nitrogen and oxygen atoms in total. The fourth-order valence-electron chi connectivity index (χ4n) is 3.60. The van der Waals surface area contributed by atoms with Crippen LogP contribution in [0, 0.1) is 6.92 Å². The molecule has 3 aromatic carbocycles. The van der Waals surface area contributed by atoms with Gasteiger partial charge in [0.2, 0.25) is 5.91 Å². The normalized spacial score (nSPS) is 11.3. The van der Waals surface area contributed by atoms with Crippen molar-refractivity contribution in [2.75, 3.05) is 18.9 Å². The van der Waals surface area contributed by atoms with Crippen LogP contribution >= 0.6 is 11.6 Å². The summed E-state index contributed by atoms with van der Waals surface area (Å²) in [5.74, 6) is -0.130. The van der Waals surface area contributed by atoms with Crippen LogP contribution < -0.4 is 10.9 Å². The van der Waals surface area contributed by atoms with Crippen molar-refractivity contribution in [1.82, 2.24) is 4.90 Å². The van der Waals surface area contributed by atoms with Crippen LogP contribution in [0.2, 0.25) is 5.02 Å². The van der Waals surface area contributed by atoms with E-state index in [0.29, 0.717) is 17.2 Å². The lowest BCUT2D eigenvalue weighted by Gasteiger charge is -2.18. The molecule has 0 radical (unpaired) electrons. The number of nitrogens with one attached hydrogen (secondary N) is 1. The molecular formula is C24H21ClN2O3. The number of hydrogen-bond acceptors (Lipinski definition) is 4. The Morgan fingerprint density at radius 1 is 1.07 bits per heavy atom. The van der Waals surface area contributed by atoms with E-state index in [1.54, 1.807) is 12.1 Å². The topological polar surface area (TPSA) is 62.6 Å². The van der Waals surface area contributed by atoms with Crippen LogP contribution in [0.4, 0.5) is 5.69 Å². The van der Waals surface area contributed by atoms with Gasteiger partial charge in [0.15, 0.2) is 0 Å². The molecule has 0 atom stereocenters. The van der Waals surface area contributed by atoms with Gasteiger partial charge in [0, 0.05) is 34.1 Å². The summed E-state index contributed by atoms with van der Waals surface area (Å²) in [4.78, 5) is 26.5. The van der Waals surface area contributed by atoms with Gasteiger partial charge in [0.05, 0.1) is 6.54 Å². The van der Waals surface area contributed by atoms with E-state index in [4.69, 9.17) is 16.0 Å². The largest absolute Gasteiger partial charge is 0.423 e. The molecule has 30 heavy (non-hydrogen) atoms. The van der Waals surface area contributed by atoms with E-state index in [-0.39, 0.29) is 12.5 Å². The van der Waals surface area contributed by atoms with Crippen LogP contribution in [0.15, 0.2) is 69.9 Å². The van der Waals surface area contributed by atoms with Crippen LogP contribution in [0.1, 0.15) is 11.1 Å². The summed E-state index contributed by atoms with van der Waals surface area (Å²) < 4.78 is 5.31. The molecule has 0 fully saturated rings. The van der Waals surface area contributed by atoms with Gasteiger partial charge in [0.1, 0.15) is 5.58 Å². The Morgan fingerprint density at radius 3 is 2.67 bits per heavy atom. The summed E-state index contributed by atoms with van der Waals surface area (Å²) in [5, 5.41) is 6.42. The molecule has 1 amide bonds. The molecule has 0 bridgehead atoms. The maximum Gasteiger partial charge on any atom is 0.336 e. The molecule has 4 aromatic rings. The Morgan fingerprint density at radius 2 is 1.83 bits per heavy atom. The molecule has 0 saturated heterocycles. The monoisotopic (exact) mass is 420 g/mol. The van der Waals surface area contributed by atoms with Gasteiger partial charge in [-0.05, 0) is 48.7 Å². The molecule has 152 valence electrons. The van der Waals surface area contributed by atoms with Gasteiger partial charge in [-0.25, -0.2) is 4.79 Å². The second-order valence-corrected chi connectivity index (χ2v) is 7.84. The zero-order valence-corrected chi connectivity index (χ0v) is 17.5. The van der Waals surface area contributed by atoms with Crippen molar-refractivity contribution in [3.63, 3.8) is 0 Å². The van der Waals surface area contributed by atoms with Crippen molar-refractivity contribution in [1.29, 1.82) is 0 Å². The fourth-order valence-corrected chi connectivity index (χ4v) is 3.76.